The summed E-state index contributed by atoms with van der Waals surface area (Å²) in [4.78, 5) is 14.7. The first-order valence-electron chi connectivity index (χ1n) is 7.40. The number of halogens is 3. The van der Waals surface area contributed by atoms with Crippen molar-refractivity contribution in [1.29, 1.82) is 0 Å². The van der Waals surface area contributed by atoms with Crippen LogP contribution in [0.25, 0.3) is 22.4 Å². The molecule has 2 aromatic rings. The van der Waals surface area contributed by atoms with Crippen molar-refractivity contribution in [2.45, 2.75) is 11.4 Å². The van der Waals surface area contributed by atoms with E-state index in [0.29, 0.717) is 11.3 Å². The van der Waals surface area contributed by atoms with Gasteiger partial charge in [0, 0.05) is 5.56 Å². The zero-order valence-electron chi connectivity index (χ0n) is 13.1. The summed E-state index contributed by atoms with van der Waals surface area (Å²) in [5, 5.41) is 7.71. The summed E-state index contributed by atoms with van der Waals surface area (Å²) in [6.07, 6.45) is -2.72. The van der Waals surface area contributed by atoms with Crippen molar-refractivity contribution in [3.63, 3.8) is 0 Å². The SMILES string of the molecule is FC(F)(F)c1cc2ccc1-2.O=C(O)C(S)c1nc(-c2ccccc2)co1. The summed E-state index contributed by atoms with van der Waals surface area (Å²) in [5.74, 6) is -0.987. The quantitative estimate of drug-likeness (QED) is 0.487. The molecule has 2 aliphatic rings. The monoisotopic (exact) mass is 379 g/mol. The van der Waals surface area contributed by atoms with Crippen LogP contribution in [0.4, 0.5) is 13.2 Å². The van der Waals surface area contributed by atoms with Crippen LogP contribution in [-0.2, 0) is 11.0 Å². The average molecular weight is 379 g/mol. The van der Waals surface area contributed by atoms with Crippen molar-refractivity contribution in [3.8, 4) is 22.4 Å². The molecule has 1 heterocycles. The van der Waals surface area contributed by atoms with E-state index < -0.39 is 23.0 Å². The van der Waals surface area contributed by atoms with Crippen LogP contribution in [0.3, 0.4) is 0 Å². The van der Waals surface area contributed by atoms with Gasteiger partial charge in [-0.3, -0.25) is 4.79 Å². The van der Waals surface area contributed by atoms with Gasteiger partial charge in [0.15, 0.2) is 5.25 Å². The van der Waals surface area contributed by atoms with Gasteiger partial charge in [-0.25, -0.2) is 4.98 Å². The number of alkyl halides is 3. The van der Waals surface area contributed by atoms with Crippen LogP contribution in [0.1, 0.15) is 16.7 Å². The van der Waals surface area contributed by atoms with Crippen molar-refractivity contribution in [3.05, 3.63) is 66.2 Å². The van der Waals surface area contributed by atoms with Crippen LogP contribution in [0.15, 0.2) is 59.2 Å². The van der Waals surface area contributed by atoms with Gasteiger partial charge in [0.25, 0.3) is 0 Å². The van der Waals surface area contributed by atoms with E-state index >= 15 is 0 Å². The third-order valence-electron chi connectivity index (χ3n) is 3.70. The van der Waals surface area contributed by atoms with Crippen molar-refractivity contribution >= 4 is 18.6 Å². The van der Waals surface area contributed by atoms with Gasteiger partial charge in [-0.05, 0) is 17.2 Å². The van der Waals surface area contributed by atoms with Gasteiger partial charge in [-0.15, -0.1) is 0 Å². The molecule has 0 radical (unpaired) electrons. The highest BCUT2D eigenvalue weighted by atomic mass is 32.1. The lowest BCUT2D eigenvalue weighted by Gasteiger charge is -2.22. The zero-order valence-corrected chi connectivity index (χ0v) is 14.0. The highest BCUT2D eigenvalue weighted by molar-refractivity contribution is 7.81. The Morgan fingerprint density at radius 3 is 2.23 bits per heavy atom. The Morgan fingerprint density at radius 1 is 1.12 bits per heavy atom. The van der Waals surface area contributed by atoms with Gasteiger partial charge in [-0.1, -0.05) is 42.5 Å². The Labute approximate surface area is 151 Å². The lowest BCUT2D eigenvalue weighted by atomic mass is 9.86. The number of oxazole rings is 1. The van der Waals surface area contributed by atoms with Crippen molar-refractivity contribution in [1.82, 2.24) is 4.98 Å². The molecule has 2 aliphatic carbocycles. The first kappa shape index (κ1) is 18.1. The van der Waals surface area contributed by atoms with E-state index in [9.17, 15) is 18.0 Å². The first-order chi connectivity index (χ1) is 12.3. The molecule has 0 aliphatic heterocycles. The molecule has 1 aromatic carbocycles. The van der Waals surface area contributed by atoms with Crippen LogP contribution < -0.4 is 0 Å². The average Bonchev–Trinajstić information content (AvgIpc) is 3.07. The van der Waals surface area contributed by atoms with Crippen molar-refractivity contribution in [2.75, 3.05) is 0 Å². The van der Waals surface area contributed by atoms with Crippen LogP contribution in [0.5, 0.6) is 0 Å². The standard InChI is InChI=1S/C11H9NO3S.C7H3F3/c13-11(14)9(16)10-12-8(6-15-10)7-4-2-1-3-5-7;8-7(9,10)6-3-4-1-2-5(4)6/h1-6,9,16H,(H,13,14);1-3H. The number of hydrogen-bond donors (Lipinski definition) is 2. The van der Waals surface area contributed by atoms with Crippen molar-refractivity contribution in [2.24, 2.45) is 0 Å². The Balaban J connectivity index is 0.000000167. The lowest BCUT2D eigenvalue weighted by molar-refractivity contribution is -0.138. The van der Waals surface area contributed by atoms with Gasteiger partial charge in [-0.2, -0.15) is 25.8 Å². The smallest absolute Gasteiger partial charge is 0.417 e. The summed E-state index contributed by atoms with van der Waals surface area (Å²) in [7, 11) is 0. The molecule has 26 heavy (non-hydrogen) atoms. The number of aromatic nitrogens is 1. The second-order valence-corrected chi connectivity index (χ2v) is 5.95. The molecule has 0 spiro atoms. The predicted octanol–water partition coefficient (Wildman–Crippen LogP) is 5.08. The molecule has 8 heteroatoms. The fourth-order valence-electron chi connectivity index (χ4n) is 2.28. The Hall–Kier alpha value is -2.74. The molecule has 1 N–H and O–H groups in total. The molecule has 1 aromatic heterocycles. The molecule has 0 amide bonds. The molecule has 4 nitrogen and oxygen atoms in total. The van der Waals surface area contributed by atoms with E-state index in [1.165, 1.54) is 12.3 Å². The molecule has 134 valence electrons. The lowest BCUT2D eigenvalue weighted by Crippen LogP contribution is -2.12. The Morgan fingerprint density at radius 2 is 1.81 bits per heavy atom. The van der Waals surface area contributed by atoms with Gasteiger partial charge in [0.1, 0.15) is 12.0 Å². The summed E-state index contributed by atoms with van der Waals surface area (Å²) < 4.78 is 40.5. The van der Waals surface area contributed by atoms with E-state index in [-0.39, 0.29) is 5.89 Å². The fourth-order valence-corrected chi connectivity index (χ4v) is 2.40. The second kappa shape index (κ2) is 6.87. The summed E-state index contributed by atoms with van der Waals surface area (Å²) in [6, 6.07) is 13.7. The summed E-state index contributed by atoms with van der Waals surface area (Å²) in [6.45, 7) is 0. The van der Waals surface area contributed by atoms with E-state index in [0.717, 1.165) is 17.2 Å². The molecular formula is C18H12F3NO3S. The van der Waals surface area contributed by atoms with E-state index in [1.54, 1.807) is 6.07 Å². The number of nitrogens with zero attached hydrogens (tertiary/aromatic N) is 1. The normalized spacial score (nSPS) is 12.8. The molecule has 1 atom stereocenters. The highest BCUT2D eigenvalue weighted by Crippen LogP contribution is 2.45. The number of thiol groups is 1. The maximum Gasteiger partial charge on any atom is 0.417 e. The fraction of sp³-hybridized carbons (Fsp3) is 0.111. The van der Waals surface area contributed by atoms with Crippen LogP contribution in [-0.4, -0.2) is 16.1 Å². The molecule has 4 rings (SSSR count). The molecule has 0 saturated carbocycles. The first-order valence-corrected chi connectivity index (χ1v) is 7.92. The zero-order chi connectivity index (χ0) is 18.9. The molecule has 0 fully saturated rings. The third-order valence-corrected chi connectivity index (χ3v) is 4.14. The van der Waals surface area contributed by atoms with Gasteiger partial charge >= 0.3 is 12.1 Å². The van der Waals surface area contributed by atoms with Gasteiger partial charge < -0.3 is 9.52 Å². The van der Waals surface area contributed by atoms with Crippen molar-refractivity contribution < 1.29 is 27.5 Å². The number of rotatable bonds is 3. The molecule has 1 unspecified atom stereocenters. The minimum Gasteiger partial charge on any atom is -0.480 e. The van der Waals surface area contributed by atoms with Crippen LogP contribution in [0, 0.1) is 0 Å². The Bertz CT molecular complexity index is 938. The number of benzene rings is 2. The minimum absolute atomic E-state index is 0.0923. The van der Waals surface area contributed by atoms with E-state index in [2.05, 4.69) is 17.6 Å². The second-order valence-electron chi connectivity index (χ2n) is 5.44. The van der Waals surface area contributed by atoms with Crippen LogP contribution in [0.2, 0.25) is 0 Å². The number of carboxylic acid groups (broad SMARTS) is 1. The molecule has 0 bridgehead atoms. The predicted molar refractivity (Wildman–Crippen MR) is 91.7 cm³/mol. The molecular weight excluding hydrogens is 367 g/mol. The molecule has 0 saturated heterocycles. The minimum atomic E-state index is -4.15. The topological polar surface area (TPSA) is 63.3 Å². The maximum atomic E-state index is 11.8. The van der Waals surface area contributed by atoms with Gasteiger partial charge in [0.05, 0.1) is 5.56 Å². The number of hydrogen-bond acceptors (Lipinski definition) is 4. The van der Waals surface area contributed by atoms with Gasteiger partial charge in [0.2, 0.25) is 5.89 Å². The number of carboxylic acids is 1. The largest absolute Gasteiger partial charge is 0.480 e. The number of aliphatic carboxylic acids is 1. The van der Waals surface area contributed by atoms with E-state index in [4.69, 9.17) is 9.52 Å². The number of carbonyl (C=O) groups is 1. The Kier molecular flexibility index (Phi) is 4.78. The summed E-state index contributed by atoms with van der Waals surface area (Å²) >= 11 is 3.88. The van der Waals surface area contributed by atoms with E-state index in [1.807, 2.05) is 30.3 Å². The highest BCUT2D eigenvalue weighted by Gasteiger charge is 2.38. The summed E-state index contributed by atoms with van der Waals surface area (Å²) in [5.41, 5.74) is 2.10. The number of fused-ring (bicyclic) bond motifs is 1. The third kappa shape index (κ3) is 3.60. The van der Waals surface area contributed by atoms with Crippen LogP contribution >= 0.6 is 12.6 Å². The maximum absolute atomic E-state index is 11.8.